The monoisotopic (exact) mass is 556 g/mol. The van der Waals surface area contributed by atoms with Gasteiger partial charge in [0, 0.05) is 18.5 Å². The van der Waals surface area contributed by atoms with E-state index in [9.17, 15) is 14.7 Å². The summed E-state index contributed by atoms with van der Waals surface area (Å²) in [6.07, 6.45) is 1.42. The number of ketones is 1. The Hall–Kier alpha value is -4.30. The zero-order valence-corrected chi connectivity index (χ0v) is 23.9. The molecule has 0 aliphatic carbocycles. The van der Waals surface area contributed by atoms with Gasteiger partial charge in [-0.1, -0.05) is 36.4 Å². The van der Waals surface area contributed by atoms with E-state index in [2.05, 4.69) is 0 Å². The van der Waals surface area contributed by atoms with Crippen molar-refractivity contribution in [3.8, 4) is 17.2 Å². The number of methoxy groups -OCH3 is 1. The first-order valence-electron chi connectivity index (χ1n) is 13.8. The van der Waals surface area contributed by atoms with Crippen molar-refractivity contribution in [1.82, 2.24) is 9.80 Å². The molecule has 5 rings (SSSR count). The molecule has 1 amide bonds. The minimum atomic E-state index is -0.780. The zero-order chi connectivity index (χ0) is 29.1. The van der Waals surface area contributed by atoms with Crippen molar-refractivity contribution in [2.75, 3.05) is 34.3 Å². The number of Topliss-reactive ketones (excluding diaryl/α,β-unsaturated/α-hetero) is 1. The lowest BCUT2D eigenvalue weighted by Gasteiger charge is -2.26. The molecule has 41 heavy (non-hydrogen) atoms. The van der Waals surface area contributed by atoms with Crippen LogP contribution in [0.15, 0.2) is 72.3 Å². The molecule has 0 spiro atoms. The summed E-state index contributed by atoms with van der Waals surface area (Å²) < 4.78 is 17.5. The minimum Gasteiger partial charge on any atom is -0.507 e. The highest BCUT2D eigenvalue weighted by Gasteiger charge is 2.46. The van der Waals surface area contributed by atoms with Crippen LogP contribution in [0, 0.1) is 0 Å². The molecule has 2 aliphatic rings. The van der Waals surface area contributed by atoms with Gasteiger partial charge in [0.1, 0.15) is 24.2 Å². The minimum absolute atomic E-state index is 0.0414. The maximum absolute atomic E-state index is 13.5. The molecule has 0 radical (unpaired) electrons. The number of rotatable bonds is 10. The summed E-state index contributed by atoms with van der Waals surface area (Å²) >= 11 is 0. The lowest BCUT2D eigenvalue weighted by atomic mass is 9.94. The number of nitrogens with zero attached hydrogens (tertiary/aromatic N) is 2. The van der Waals surface area contributed by atoms with Gasteiger partial charge in [0.05, 0.1) is 18.7 Å². The van der Waals surface area contributed by atoms with Crippen LogP contribution in [0.4, 0.5) is 0 Å². The Balaban J connectivity index is 1.53. The van der Waals surface area contributed by atoms with Crippen LogP contribution in [-0.2, 0) is 22.6 Å². The molecule has 1 fully saturated rings. The number of fused-ring (bicyclic) bond motifs is 1. The van der Waals surface area contributed by atoms with Crippen LogP contribution in [-0.4, -0.2) is 67.0 Å². The largest absolute Gasteiger partial charge is 0.507 e. The Morgan fingerprint density at radius 2 is 1.83 bits per heavy atom. The topological polar surface area (TPSA) is 88.5 Å². The van der Waals surface area contributed by atoms with Crippen molar-refractivity contribution in [3.05, 3.63) is 94.6 Å². The third-order valence-corrected chi connectivity index (χ3v) is 7.45. The molecule has 3 aromatic rings. The van der Waals surface area contributed by atoms with E-state index in [4.69, 9.17) is 14.2 Å². The fourth-order valence-corrected chi connectivity index (χ4v) is 5.45. The van der Waals surface area contributed by atoms with Gasteiger partial charge in [-0.2, -0.15) is 0 Å². The number of likely N-dealkylation sites (tertiary alicyclic amines) is 1. The van der Waals surface area contributed by atoms with E-state index in [1.165, 1.54) is 0 Å². The number of carbonyl (C=O) groups excluding carboxylic acids is 2. The number of hydrogen-bond acceptors (Lipinski definition) is 7. The molecule has 2 unspecified atom stereocenters. The van der Waals surface area contributed by atoms with Gasteiger partial charge in [0.25, 0.3) is 11.7 Å². The van der Waals surface area contributed by atoms with Crippen LogP contribution in [0.25, 0.3) is 5.76 Å². The van der Waals surface area contributed by atoms with Crippen molar-refractivity contribution >= 4 is 17.4 Å². The van der Waals surface area contributed by atoms with Crippen LogP contribution in [0.5, 0.6) is 17.2 Å². The second kappa shape index (κ2) is 12.1. The van der Waals surface area contributed by atoms with Gasteiger partial charge in [-0.05, 0) is 81.0 Å². The van der Waals surface area contributed by atoms with Crippen molar-refractivity contribution in [2.45, 2.75) is 38.5 Å². The van der Waals surface area contributed by atoms with E-state index in [1.807, 2.05) is 68.4 Å². The molecule has 1 saturated heterocycles. The maximum atomic E-state index is 13.5. The Bertz CT molecular complexity index is 1470. The molecule has 2 heterocycles. The second-order valence-electron chi connectivity index (χ2n) is 10.8. The lowest BCUT2D eigenvalue weighted by molar-refractivity contribution is -0.139. The van der Waals surface area contributed by atoms with E-state index in [0.29, 0.717) is 48.6 Å². The molecule has 8 nitrogen and oxygen atoms in total. The van der Waals surface area contributed by atoms with E-state index in [0.717, 1.165) is 23.4 Å². The highest BCUT2D eigenvalue weighted by atomic mass is 16.5. The zero-order valence-electron chi connectivity index (χ0n) is 23.9. The summed E-state index contributed by atoms with van der Waals surface area (Å²) in [5, 5.41) is 11.5. The summed E-state index contributed by atoms with van der Waals surface area (Å²) in [7, 11) is 5.47. The number of amides is 1. The van der Waals surface area contributed by atoms with Gasteiger partial charge < -0.3 is 29.1 Å². The molecule has 3 aromatic carbocycles. The van der Waals surface area contributed by atoms with Crippen LogP contribution < -0.4 is 14.2 Å². The highest BCUT2D eigenvalue weighted by molar-refractivity contribution is 6.46. The van der Waals surface area contributed by atoms with Crippen molar-refractivity contribution in [2.24, 2.45) is 0 Å². The molecular weight excluding hydrogens is 520 g/mol. The standard InChI is InChI=1S/C33H36N2O6/c1-21-17-25-18-24(12-13-26(25)41-21)31(36)29-30(35(33(38)32(29)37)16-8-15-34(2)3)23-11-14-27(28(19-23)39-4)40-20-22-9-6-5-7-10-22/h5-7,9-14,18-19,21,30,36H,8,15-17,20H2,1-4H3. The predicted octanol–water partition coefficient (Wildman–Crippen LogP) is 4.97. The highest BCUT2D eigenvalue weighted by Crippen LogP contribution is 2.43. The van der Waals surface area contributed by atoms with Gasteiger partial charge >= 0.3 is 0 Å². The van der Waals surface area contributed by atoms with Crippen LogP contribution >= 0.6 is 0 Å². The Kier molecular flexibility index (Phi) is 8.31. The molecule has 1 N–H and O–H groups in total. The maximum Gasteiger partial charge on any atom is 0.295 e. The van der Waals surface area contributed by atoms with Crippen LogP contribution in [0.3, 0.4) is 0 Å². The van der Waals surface area contributed by atoms with Crippen molar-refractivity contribution in [3.63, 3.8) is 0 Å². The smallest absolute Gasteiger partial charge is 0.295 e. The summed E-state index contributed by atoms with van der Waals surface area (Å²) in [6, 6.07) is 19.8. The van der Waals surface area contributed by atoms with Gasteiger partial charge in [-0.25, -0.2) is 0 Å². The number of ether oxygens (including phenoxy) is 3. The first kappa shape index (κ1) is 28.2. The first-order chi connectivity index (χ1) is 19.8. The molecule has 2 atom stereocenters. The number of hydrogen-bond donors (Lipinski definition) is 1. The van der Waals surface area contributed by atoms with Gasteiger partial charge in [0.2, 0.25) is 0 Å². The fourth-order valence-electron chi connectivity index (χ4n) is 5.45. The first-order valence-corrected chi connectivity index (χ1v) is 13.8. The number of aliphatic hydroxyl groups excluding tert-OH is 1. The molecule has 0 aromatic heterocycles. The van der Waals surface area contributed by atoms with Crippen LogP contribution in [0.1, 0.15) is 41.6 Å². The predicted molar refractivity (Wildman–Crippen MR) is 156 cm³/mol. The Morgan fingerprint density at radius 1 is 1.05 bits per heavy atom. The van der Waals surface area contributed by atoms with Crippen LogP contribution in [0.2, 0.25) is 0 Å². The summed E-state index contributed by atoms with van der Waals surface area (Å²) in [4.78, 5) is 30.4. The molecular formula is C33H36N2O6. The quantitative estimate of drug-likeness (QED) is 0.214. The van der Waals surface area contributed by atoms with Crippen molar-refractivity contribution < 1.29 is 28.9 Å². The molecule has 0 saturated carbocycles. The normalized spacial score (nSPS) is 19.4. The molecule has 2 aliphatic heterocycles. The van der Waals surface area contributed by atoms with E-state index >= 15 is 0 Å². The molecule has 214 valence electrons. The lowest BCUT2D eigenvalue weighted by Crippen LogP contribution is -2.32. The number of carbonyl (C=O) groups is 2. The summed E-state index contributed by atoms with van der Waals surface area (Å²) in [6.45, 7) is 3.45. The summed E-state index contributed by atoms with van der Waals surface area (Å²) in [5.41, 5.74) is 3.17. The van der Waals surface area contributed by atoms with Gasteiger partial charge in [-0.15, -0.1) is 0 Å². The van der Waals surface area contributed by atoms with E-state index < -0.39 is 17.7 Å². The average molecular weight is 557 g/mol. The van der Waals surface area contributed by atoms with E-state index in [-0.39, 0.29) is 17.4 Å². The molecule has 0 bridgehead atoms. The summed E-state index contributed by atoms with van der Waals surface area (Å²) in [5.74, 6) is 0.251. The third kappa shape index (κ3) is 5.93. The Morgan fingerprint density at radius 3 is 2.56 bits per heavy atom. The van der Waals surface area contributed by atoms with E-state index in [1.54, 1.807) is 36.3 Å². The average Bonchev–Trinajstić information content (AvgIpc) is 3.47. The SMILES string of the molecule is COc1cc(C2C(=C(O)c3ccc4c(c3)CC(C)O4)C(=O)C(=O)N2CCCN(C)C)ccc1OCc1ccccc1. The number of aliphatic hydroxyl groups is 1. The molecule has 8 heteroatoms. The van der Waals surface area contributed by atoms with Gasteiger partial charge in [0.15, 0.2) is 11.5 Å². The number of benzene rings is 3. The Labute approximate surface area is 240 Å². The fraction of sp³-hybridized carbons (Fsp3) is 0.333. The second-order valence-corrected chi connectivity index (χ2v) is 10.8. The van der Waals surface area contributed by atoms with Gasteiger partial charge in [-0.3, -0.25) is 9.59 Å². The van der Waals surface area contributed by atoms with Crippen molar-refractivity contribution in [1.29, 1.82) is 0 Å². The third-order valence-electron chi connectivity index (χ3n) is 7.45.